The van der Waals surface area contributed by atoms with E-state index in [-0.39, 0.29) is 6.04 Å². The van der Waals surface area contributed by atoms with Gasteiger partial charge in [0.2, 0.25) is 0 Å². The zero-order valence-corrected chi connectivity index (χ0v) is 11.8. The molecule has 1 aromatic carbocycles. The predicted octanol–water partition coefficient (Wildman–Crippen LogP) is 2.77. The normalized spacial score (nSPS) is 18.2. The second-order valence-electron chi connectivity index (χ2n) is 5.35. The maximum Gasteiger partial charge on any atom is 0.122 e. The van der Waals surface area contributed by atoms with E-state index in [0.29, 0.717) is 5.92 Å². The van der Waals surface area contributed by atoms with Crippen LogP contribution in [0, 0.1) is 5.92 Å². The maximum atomic E-state index is 6.04. The van der Waals surface area contributed by atoms with Gasteiger partial charge in [-0.05, 0) is 43.2 Å². The van der Waals surface area contributed by atoms with Crippen LogP contribution in [-0.4, -0.2) is 25.9 Å². The molecule has 1 unspecified atom stereocenters. The van der Waals surface area contributed by atoms with Crippen molar-refractivity contribution in [3.63, 3.8) is 0 Å². The molecule has 2 N–H and O–H groups in total. The molecular weight excluding hydrogens is 238 g/mol. The largest absolute Gasteiger partial charge is 0.493 e. The fourth-order valence-electron chi connectivity index (χ4n) is 2.36. The Kier molecular flexibility index (Phi) is 5.67. The van der Waals surface area contributed by atoms with Crippen molar-refractivity contribution in [3.05, 3.63) is 29.8 Å². The highest BCUT2D eigenvalue weighted by Gasteiger charge is 2.15. The van der Waals surface area contributed by atoms with Crippen LogP contribution in [0.1, 0.15) is 31.7 Å². The van der Waals surface area contributed by atoms with Crippen molar-refractivity contribution >= 4 is 0 Å². The fourth-order valence-corrected chi connectivity index (χ4v) is 2.36. The Bertz CT molecular complexity index is 375. The van der Waals surface area contributed by atoms with Gasteiger partial charge in [0, 0.05) is 19.3 Å². The quantitative estimate of drug-likeness (QED) is 0.858. The van der Waals surface area contributed by atoms with Gasteiger partial charge in [-0.2, -0.15) is 0 Å². The third kappa shape index (κ3) is 4.51. The SMILES string of the molecule is CCC(N)Cc1ccccc1OCC1CCOCC1. The van der Waals surface area contributed by atoms with E-state index >= 15 is 0 Å². The van der Waals surface area contributed by atoms with Gasteiger partial charge in [-0.1, -0.05) is 25.1 Å². The van der Waals surface area contributed by atoms with Gasteiger partial charge in [-0.3, -0.25) is 0 Å². The summed E-state index contributed by atoms with van der Waals surface area (Å²) in [5.41, 5.74) is 7.27. The lowest BCUT2D eigenvalue weighted by atomic mass is 10.0. The van der Waals surface area contributed by atoms with Crippen LogP contribution in [0.15, 0.2) is 24.3 Å². The molecule has 1 aliphatic rings. The molecule has 2 rings (SSSR count). The van der Waals surface area contributed by atoms with E-state index in [1.165, 1.54) is 5.56 Å². The minimum absolute atomic E-state index is 0.216. The average Bonchev–Trinajstić information content (AvgIpc) is 2.47. The average molecular weight is 263 g/mol. The first kappa shape index (κ1) is 14.4. The van der Waals surface area contributed by atoms with Crippen molar-refractivity contribution in [1.29, 1.82) is 0 Å². The number of nitrogens with two attached hydrogens (primary N) is 1. The number of hydrogen-bond acceptors (Lipinski definition) is 3. The molecule has 1 heterocycles. The van der Waals surface area contributed by atoms with Crippen LogP contribution in [0.25, 0.3) is 0 Å². The zero-order chi connectivity index (χ0) is 13.5. The first-order chi connectivity index (χ1) is 9.29. The Morgan fingerprint density at radius 3 is 2.79 bits per heavy atom. The van der Waals surface area contributed by atoms with Crippen LogP contribution in [-0.2, 0) is 11.2 Å². The second-order valence-corrected chi connectivity index (χ2v) is 5.35. The van der Waals surface area contributed by atoms with E-state index < -0.39 is 0 Å². The second kappa shape index (κ2) is 7.51. The van der Waals surface area contributed by atoms with Gasteiger partial charge in [-0.15, -0.1) is 0 Å². The summed E-state index contributed by atoms with van der Waals surface area (Å²) < 4.78 is 11.4. The van der Waals surface area contributed by atoms with Crippen LogP contribution in [0.5, 0.6) is 5.75 Å². The molecule has 0 aliphatic carbocycles. The minimum Gasteiger partial charge on any atom is -0.493 e. The standard InChI is InChI=1S/C16H25NO2/c1-2-15(17)11-14-5-3-4-6-16(14)19-12-13-7-9-18-10-8-13/h3-6,13,15H,2,7-12,17H2,1H3. The van der Waals surface area contributed by atoms with E-state index in [9.17, 15) is 0 Å². The van der Waals surface area contributed by atoms with Crippen molar-refractivity contribution in [2.75, 3.05) is 19.8 Å². The van der Waals surface area contributed by atoms with Crippen LogP contribution in [0.4, 0.5) is 0 Å². The van der Waals surface area contributed by atoms with Crippen LogP contribution < -0.4 is 10.5 Å². The van der Waals surface area contributed by atoms with E-state index in [4.69, 9.17) is 15.2 Å². The van der Waals surface area contributed by atoms with Crippen molar-refractivity contribution in [2.24, 2.45) is 11.7 Å². The Morgan fingerprint density at radius 2 is 2.05 bits per heavy atom. The van der Waals surface area contributed by atoms with Crippen molar-refractivity contribution < 1.29 is 9.47 Å². The van der Waals surface area contributed by atoms with Crippen LogP contribution >= 0.6 is 0 Å². The van der Waals surface area contributed by atoms with E-state index in [1.54, 1.807) is 0 Å². The highest BCUT2D eigenvalue weighted by Crippen LogP contribution is 2.22. The Balaban J connectivity index is 1.91. The number of benzene rings is 1. The van der Waals surface area contributed by atoms with Gasteiger partial charge < -0.3 is 15.2 Å². The third-order valence-electron chi connectivity index (χ3n) is 3.79. The number of ether oxygens (including phenoxy) is 2. The number of hydrogen-bond donors (Lipinski definition) is 1. The van der Waals surface area contributed by atoms with E-state index in [1.807, 2.05) is 6.07 Å². The van der Waals surface area contributed by atoms with Crippen molar-refractivity contribution in [1.82, 2.24) is 0 Å². The Hall–Kier alpha value is -1.06. The van der Waals surface area contributed by atoms with Crippen molar-refractivity contribution in [3.8, 4) is 5.75 Å². The summed E-state index contributed by atoms with van der Waals surface area (Å²) in [4.78, 5) is 0. The molecule has 0 spiro atoms. The molecule has 1 saturated heterocycles. The third-order valence-corrected chi connectivity index (χ3v) is 3.79. The highest BCUT2D eigenvalue weighted by atomic mass is 16.5. The molecule has 19 heavy (non-hydrogen) atoms. The van der Waals surface area contributed by atoms with Gasteiger partial charge in [0.1, 0.15) is 5.75 Å². The van der Waals surface area contributed by atoms with E-state index in [2.05, 4.69) is 25.1 Å². The maximum absolute atomic E-state index is 6.04. The topological polar surface area (TPSA) is 44.5 Å². The molecule has 0 aromatic heterocycles. The molecule has 1 atom stereocenters. The molecule has 3 nitrogen and oxygen atoms in total. The molecular formula is C16H25NO2. The summed E-state index contributed by atoms with van der Waals surface area (Å²) in [5, 5.41) is 0. The molecule has 1 fully saturated rings. The summed E-state index contributed by atoms with van der Waals surface area (Å²) in [5.74, 6) is 1.62. The fraction of sp³-hybridized carbons (Fsp3) is 0.625. The van der Waals surface area contributed by atoms with Gasteiger partial charge >= 0.3 is 0 Å². The highest BCUT2D eigenvalue weighted by molar-refractivity contribution is 5.34. The Labute approximate surface area is 116 Å². The Morgan fingerprint density at radius 1 is 1.32 bits per heavy atom. The molecule has 0 bridgehead atoms. The predicted molar refractivity (Wildman–Crippen MR) is 77.5 cm³/mol. The lowest BCUT2D eigenvalue weighted by molar-refractivity contribution is 0.0496. The minimum atomic E-state index is 0.216. The van der Waals surface area contributed by atoms with Crippen molar-refractivity contribution in [2.45, 2.75) is 38.6 Å². The number of rotatable bonds is 6. The summed E-state index contributed by atoms with van der Waals surface area (Å²) in [6.07, 6.45) is 4.10. The lowest BCUT2D eigenvalue weighted by Crippen LogP contribution is -2.23. The summed E-state index contributed by atoms with van der Waals surface area (Å²) >= 11 is 0. The smallest absolute Gasteiger partial charge is 0.122 e. The molecule has 3 heteroatoms. The molecule has 1 aliphatic heterocycles. The molecule has 0 saturated carbocycles. The van der Waals surface area contributed by atoms with Gasteiger partial charge in [0.15, 0.2) is 0 Å². The zero-order valence-electron chi connectivity index (χ0n) is 11.8. The van der Waals surface area contributed by atoms with Gasteiger partial charge in [0.25, 0.3) is 0 Å². The van der Waals surface area contributed by atoms with Gasteiger partial charge in [-0.25, -0.2) is 0 Å². The molecule has 106 valence electrons. The first-order valence-electron chi connectivity index (χ1n) is 7.33. The summed E-state index contributed by atoms with van der Waals surface area (Å²) in [6, 6.07) is 8.47. The monoisotopic (exact) mass is 263 g/mol. The van der Waals surface area contributed by atoms with Crippen LogP contribution in [0.2, 0.25) is 0 Å². The molecule has 0 radical (unpaired) electrons. The molecule has 1 aromatic rings. The van der Waals surface area contributed by atoms with E-state index in [0.717, 1.165) is 51.3 Å². The summed E-state index contributed by atoms with van der Waals surface area (Å²) in [6.45, 7) is 4.66. The lowest BCUT2D eigenvalue weighted by Gasteiger charge is -2.23. The summed E-state index contributed by atoms with van der Waals surface area (Å²) in [7, 11) is 0. The first-order valence-corrected chi connectivity index (χ1v) is 7.33. The van der Waals surface area contributed by atoms with Gasteiger partial charge in [0.05, 0.1) is 6.61 Å². The van der Waals surface area contributed by atoms with Crippen LogP contribution in [0.3, 0.4) is 0 Å². The molecule has 0 amide bonds. The number of para-hydroxylation sites is 1.